The SMILES string of the molecule is COC(=O)c1ccc(-c2cnc(N)cc2F)cc1. The molecule has 5 heteroatoms. The van der Waals surface area contributed by atoms with Gasteiger partial charge in [0.05, 0.1) is 12.7 Å². The number of ether oxygens (including phenoxy) is 1. The molecule has 0 aliphatic rings. The van der Waals surface area contributed by atoms with Crippen LogP contribution in [0, 0.1) is 5.82 Å². The summed E-state index contributed by atoms with van der Waals surface area (Å²) < 4.78 is 18.2. The van der Waals surface area contributed by atoms with Crippen LogP contribution in [-0.2, 0) is 4.74 Å². The van der Waals surface area contributed by atoms with Gasteiger partial charge in [-0.15, -0.1) is 0 Å². The van der Waals surface area contributed by atoms with Crippen molar-refractivity contribution in [3.8, 4) is 11.1 Å². The summed E-state index contributed by atoms with van der Waals surface area (Å²) in [5.41, 5.74) is 6.73. The Labute approximate surface area is 103 Å². The normalized spacial score (nSPS) is 10.1. The lowest BCUT2D eigenvalue weighted by molar-refractivity contribution is 0.0601. The van der Waals surface area contributed by atoms with Gasteiger partial charge in [-0.3, -0.25) is 0 Å². The quantitative estimate of drug-likeness (QED) is 0.825. The van der Waals surface area contributed by atoms with Gasteiger partial charge in [0.15, 0.2) is 0 Å². The van der Waals surface area contributed by atoms with Gasteiger partial charge < -0.3 is 10.5 Å². The Bertz CT molecular complexity index is 582. The summed E-state index contributed by atoms with van der Waals surface area (Å²) in [5, 5.41) is 0. The maximum Gasteiger partial charge on any atom is 0.337 e. The number of esters is 1. The Kier molecular flexibility index (Phi) is 3.23. The summed E-state index contributed by atoms with van der Waals surface area (Å²) in [6.07, 6.45) is 1.36. The molecule has 0 aliphatic carbocycles. The molecule has 0 radical (unpaired) electrons. The number of hydrogen-bond acceptors (Lipinski definition) is 4. The van der Waals surface area contributed by atoms with E-state index in [1.165, 1.54) is 13.3 Å². The molecule has 0 aliphatic heterocycles. The van der Waals surface area contributed by atoms with Crippen LogP contribution in [0.1, 0.15) is 10.4 Å². The first-order chi connectivity index (χ1) is 8.61. The van der Waals surface area contributed by atoms with E-state index in [9.17, 15) is 9.18 Å². The van der Waals surface area contributed by atoms with Crippen LogP contribution in [0.25, 0.3) is 11.1 Å². The highest BCUT2D eigenvalue weighted by Gasteiger charge is 2.08. The molecule has 2 rings (SSSR count). The second kappa shape index (κ2) is 4.83. The molecule has 0 saturated heterocycles. The number of hydrogen-bond donors (Lipinski definition) is 1. The first-order valence-corrected chi connectivity index (χ1v) is 5.21. The standard InChI is InChI=1S/C13H11FN2O2/c1-18-13(17)9-4-2-8(3-5-9)10-7-16-12(15)6-11(10)14/h2-7H,1H3,(H2,15,16). The van der Waals surface area contributed by atoms with E-state index in [1.54, 1.807) is 24.3 Å². The fraction of sp³-hybridized carbons (Fsp3) is 0.0769. The van der Waals surface area contributed by atoms with E-state index in [1.807, 2.05) is 0 Å². The molecule has 18 heavy (non-hydrogen) atoms. The third-order valence-corrected chi connectivity index (χ3v) is 2.49. The number of benzene rings is 1. The van der Waals surface area contributed by atoms with E-state index in [-0.39, 0.29) is 5.82 Å². The van der Waals surface area contributed by atoms with Gasteiger partial charge in [-0.05, 0) is 17.7 Å². The van der Waals surface area contributed by atoms with Crippen LogP contribution in [0.15, 0.2) is 36.5 Å². The van der Waals surface area contributed by atoms with Gasteiger partial charge in [0.25, 0.3) is 0 Å². The summed E-state index contributed by atoms with van der Waals surface area (Å²) in [5.74, 6) is -0.756. The van der Waals surface area contributed by atoms with Crippen molar-refractivity contribution < 1.29 is 13.9 Å². The summed E-state index contributed by atoms with van der Waals surface area (Å²) >= 11 is 0. The van der Waals surface area contributed by atoms with Crippen molar-refractivity contribution in [3.63, 3.8) is 0 Å². The van der Waals surface area contributed by atoms with Crippen LogP contribution in [0.2, 0.25) is 0 Å². The predicted octanol–water partition coefficient (Wildman–Crippen LogP) is 2.26. The maximum atomic E-state index is 13.6. The number of anilines is 1. The topological polar surface area (TPSA) is 65.2 Å². The molecule has 1 aromatic heterocycles. The number of methoxy groups -OCH3 is 1. The zero-order chi connectivity index (χ0) is 13.1. The molecule has 2 N–H and O–H groups in total. The Hall–Kier alpha value is -2.43. The molecule has 0 atom stereocenters. The van der Waals surface area contributed by atoms with E-state index in [4.69, 9.17) is 5.73 Å². The van der Waals surface area contributed by atoms with Gasteiger partial charge in [-0.25, -0.2) is 14.2 Å². The predicted molar refractivity (Wildman–Crippen MR) is 65.4 cm³/mol. The highest BCUT2D eigenvalue weighted by atomic mass is 19.1. The number of nitrogens with zero attached hydrogens (tertiary/aromatic N) is 1. The number of carbonyl (C=O) groups excluding carboxylic acids is 1. The fourth-order valence-corrected chi connectivity index (χ4v) is 1.56. The van der Waals surface area contributed by atoms with E-state index >= 15 is 0 Å². The Morgan fingerprint density at radius 3 is 2.56 bits per heavy atom. The van der Waals surface area contributed by atoms with Crippen molar-refractivity contribution in [2.45, 2.75) is 0 Å². The molecule has 1 aromatic carbocycles. The van der Waals surface area contributed by atoms with E-state index < -0.39 is 11.8 Å². The van der Waals surface area contributed by atoms with Gasteiger partial charge >= 0.3 is 5.97 Å². The number of aromatic nitrogens is 1. The lowest BCUT2D eigenvalue weighted by Crippen LogP contribution is -2.00. The summed E-state index contributed by atoms with van der Waals surface area (Å²) in [7, 11) is 1.31. The van der Waals surface area contributed by atoms with Gasteiger partial charge in [0.1, 0.15) is 11.6 Å². The number of rotatable bonds is 2. The van der Waals surface area contributed by atoms with Gasteiger partial charge in [-0.1, -0.05) is 12.1 Å². The first-order valence-electron chi connectivity index (χ1n) is 5.21. The molecule has 2 aromatic rings. The van der Waals surface area contributed by atoms with Gasteiger partial charge in [0.2, 0.25) is 0 Å². The number of pyridine rings is 1. The number of nitrogen functional groups attached to an aromatic ring is 1. The molecule has 0 amide bonds. The fourth-order valence-electron chi connectivity index (χ4n) is 1.56. The molecular weight excluding hydrogens is 235 g/mol. The maximum absolute atomic E-state index is 13.6. The lowest BCUT2D eigenvalue weighted by atomic mass is 10.1. The lowest BCUT2D eigenvalue weighted by Gasteiger charge is -2.05. The highest BCUT2D eigenvalue weighted by Crippen LogP contribution is 2.23. The number of halogens is 1. The monoisotopic (exact) mass is 246 g/mol. The second-order valence-electron chi connectivity index (χ2n) is 3.66. The molecule has 0 spiro atoms. The zero-order valence-corrected chi connectivity index (χ0v) is 9.68. The summed E-state index contributed by atoms with van der Waals surface area (Å²) in [4.78, 5) is 15.1. The third kappa shape index (κ3) is 2.29. The summed E-state index contributed by atoms with van der Waals surface area (Å²) in [6, 6.07) is 7.54. The molecule has 1 heterocycles. The molecule has 0 saturated carbocycles. The van der Waals surface area contributed by atoms with Crippen molar-refractivity contribution >= 4 is 11.8 Å². The zero-order valence-electron chi connectivity index (χ0n) is 9.68. The number of carbonyl (C=O) groups is 1. The molecule has 92 valence electrons. The van der Waals surface area contributed by atoms with Crippen LogP contribution in [0.5, 0.6) is 0 Å². The highest BCUT2D eigenvalue weighted by molar-refractivity contribution is 5.89. The average Bonchev–Trinajstić information content (AvgIpc) is 2.38. The van der Waals surface area contributed by atoms with Crippen molar-refractivity contribution in [2.24, 2.45) is 0 Å². The van der Waals surface area contributed by atoms with Crippen molar-refractivity contribution in [1.82, 2.24) is 4.98 Å². The average molecular weight is 246 g/mol. The third-order valence-electron chi connectivity index (χ3n) is 2.49. The molecule has 0 unspecified atom stereocenters. The molecule has 4 nitrogen and oxygen atoms in total. The van der Waals surface area contributed by atoms with E-state index in [0.717, 1.165) is 6.07 Å². The number of nitrogens with two attached hydrogens (primary N) is 1. The van der Waals surface area contributed by atoms with Gasteiger partial charge in [-0.2, -0.15) is 0 Å². The Morgan fingerprint density at radius 2 is 2.00 bits per heavy atom. The molecule has 0 bridgehead atoms. The first kappa shape index (κ1) is 12.0. The molecule has 0 fully saturated rings. The van der Waals surface area contributed by atoms with Crippen molar-refractivity contribution in [3.05, 3.63) is 47.9 Å². The second-order valence-corrected chi connectivity index (χ2v) is 3.66. The van der Waals surface area contributed by atoms with Crippen molar-refractivity contribution in [2.75, 3.05) is 12.8 Å². The van der Waals surface area contributed by atoms with E-state index in [2.05, 4.69) is 9.72 Å². The van der Waals surface area contributed by atoms with E-state index in [0.29, 0.717) is 16.7 Å². The Morgan fingerprint density at radius 1 is 1.33 bits per heavy atom. The van der Waals surface area contributed by atoms with Crippen LogP contribution in [0.3, 0.4) is 0 Å². The Balaban J connectivity index is 2.37. The van der Waals surface area contributed by atoms with Crippen LogP contribution >= 0.6 is 0 Å². The minimum Gasteiger partial charge on any atom is -0.465 e. The van der Waals surface area contributed by atoms with Gasteiger partial charge in [0, 0.05) is 17.8 Å². The molecular formula is C13H11FN2O2. The van der Waals surface area contributed by atoms with Crippen LogP contribution < -0.4 is 5.73 Å². The minimum atomic E-state index is -0.451. The van der Waals surface area contributed by atoms with Crippen LogP contribution in [0.4, 0.5) is 10.2 Å². The minimum absolute atomic E-state index is 0.127. The van der Waals surface area contributed by atoms with Crippen molar-refractivity contribution in [1.29, 1.82) is 0 Å². The summed E-state index contributed by atoms with van der Waals surface area (Å²) in [6.45, 7) is 0. The van der Waals surface area contributed by atoms with Crippen LogP contribution in [-0.4, -0.2) is 18.1 Å². The smallest absolute Gasteiger partial charge is 0.337 e. The largest absolute Gasteiger partial charge is 0.465 e.